The molecule has 4 nitrogen and oxygen atoms in total. The summed E-state index contributed by atoms with van der Waals surface area (Å²) in [5.41, 5.74) is 3.48. The van der Waals surface area contributed by atoms with Crippen LogP contribution in [0.25, 0.3) is 22.4 Å². The lowest BCUT2D eigenvalue weighted by Gasteiger charge is -2.05. The van der Waals surface area contributed by atoms with E-state index < -0.39 is 11.9 Å². The van der Waals surface area contributed by atoms with E-state index in [4.69, 9.17) is 5.11 Å². The number of carbonyl (C=O) groups is 1. The molecule has 0 saturated heterocycles. The van der Waals surface area contributed by atoms with Crippen LogP contribution in [0.1, 0.15) is 18.4 Å². The van der Waals surface area contributed by atoms with Gasteiger partial charge in [-0.3, -0.25) is 4.79 Å². The molecular formula is C16H14N2O2. The number of nitrogens with one attached hydrogen (secondary N) is 1. The summed E-state index contributed by atoms with van der Waals surface area (Å²) < 4.78 is 0. The molecule has 0 fully saturated rings. The second-order valence-corrected chi connectivity index (χ2v) is 4.79. The molecule has 3 rings (SSSR count). The van der Waals surface area contributed by atoms with Gasteiger partial charge >= 0.3 is 5.97 Å². The molecule has 1 atom stereocenters. The summed E-state index contributed by atoms with van der Waals surface area (Å²) in [4.78, 5) is 18.8. The number of aliphatic carboxylic acids is 1. The lowest BCUT2D eigenvalue weighted by atomic mass is 10.0. The third kappa shape index (κ3) is 2.16. The standard InChI is InChI=1S/C16H14N2O2/c1-10(16(19)20)12-7-8-13-14(9-12)18-15(17-13)11-5-3-2-4-6-11/h2-10H,1H3,(H,17,18)(H,19,20)/t10-/m1/s1. The molecule has 3 aromatic rings. The van der Waals surface area contributed by atoms with Crippen LogP contribution in [0.2, 0.25) is 0 Å². The number of hydrogen-bond acceptors (Lipinski definition) is 2. The Morgan fingerprint density at radius 3 is 2.65 bits per heavy atom. The number of H-pyrrole nitrogens is 1. The molecule has 0 aliphatic rings. The minimum Gasteiger partial charge on any atom is -0.481 e. The molecule has 1 heterocycles. The average molecular weight is 266 g/mol. The monoisotopic (exact) mass is 266 g/mol. The highest BCUT2D eigenvalue weighted by molar-refractivity contribution is 5.83. The van der Waals surface area contributed by atoms with Crippen LogP contribution in [0.15, 0.2) is 48.5 Å². The van der Waals surface area contributed by atoms with Crippen molar-refractivity contribution in [3.05, 3.63) is 54.1 Å². The topological polar surface area (TPSA) is 66.0 Å². The Morgan fingerprint density at radius 2 is 1.95 bits per heavy atom. The van der Waals surface area contributed by atoms with Gasteiger partial charge in [0, 0.05) is 5.56 Å². The minimum absolute atomic E-state index is 0.525. The number of fused-ring (bicyclic) bond motifs is 1. The number of rotatable bonds is 3. The zero-order chi connectivity index (χ0) is 14.1. The predicted octanol–water partition coefficient (Wildman–Crippen LogP) is 3.42. The number of aromatic amines is 1. The first-order valence-corrected chi connectivity index (χ1v) is 6.43. The zero-order valence-electron chi connectivity index (χ0n) is 11.0. The number of hydrogen-bond donors (Lipinski definition) is 2. The molecule has 0 spiro atoms. The highest BCUT2D eigenvalue weighted by Gasteiger charge is 2.15. The van der Waals surface area contributed by atoms with Crippen molar-refractivity contribution >= 4 is 17.0 Å². The van der Waals surface area contributed by atoms with Gasteiger partial charge in [-0.1, -0.05) is 36.4 Å². The van der Waals surface area contributed by atoms with Crippen LogP contribution in [0.3, 0.4) is 0 Å². The van der Waals surface area contributed by atoms with Crippen molar-refractivity contribution in [3.8, 4) is 11.4 Å². The van der Waals surface area contributed by atoms with Crippen molar-refractivity contribution < 1.29 is 9.90 Å². The summed E-state index contributed by atoms with van der Waals surface area (Å²) in [6.45, 7) is 1.68. The maximum absolute atomic E-state index is 11.0. The van der Waals surface area contributed by atoms with E-state index in [0.29, 0.717) is 0 Å². The molecule has 20 heavy (non-hydrogen) atoms. The van der Waals surface area contributed by atoms with Crippen molar-refractivity contribution in [1.82, 2.24) is 9.97 Å². The first-order valence-electron chi connectivity index (χ1n) is 6.43. The molecule has 0 aliphatic heterocycles. The Hall–Kier alpha value is -2.62. The van der Waals surface area contributed by atoms with Crippen LogP contribution in [0.5, 0.6) is 0 Å². The van der Waals surface area contributed by atoms with Crippen molar-refractivity contribution in [3.63, 3.8) is 0 Å². The second-order valence-electron chi connectivity index (χ2n) is 4.79. The molecule has 0 radical (unpaired) electrons. The van der Waals surface area contributed by atoms with Crippen LogP contribution in [-0.4, -0.2) is 21.0 Å². The smallest absolute Gasteiger partial charge is 0.310 e. The van der Waals surface area contributed by atoms with Gasteiger partial charge in [0.25, 0.3) is 0 Å². The van der Waals surface area contributed by atoms with Crippen molar-refractivity contribution in [2.45, 2.75) is 12.8 Å². The van der Waals surface area contributed by atoms with Crippen LogP contribution in [-0.2, 0) is 4.79 Å². The number of carboxylic acids is 1. The summed E-state index contributed by atoms with van der Waals surface area (Å²) in [6.07, 6.45) is 0. The largest absolute Gasteiger partial charge is 0.481 e. The maximum Gasteiger partial charge on any atom is 0.310 e. The molecule has 4 heteroatoms. The van der Waals surface area contributed by atoms with E-state index in [1.165, 1.54) is 0 Å². The van der Waals surface area contributed by atoms with E-state index in [9.17, 15) is 4.79 Å². The van der Waals surface area contributed by atoms with Crippen LogP contribution < -0.4 is 0 Å². The van der Waals surface area contributed by atoms with Crippen LogP contribution in [0.4, 0.5) is 0 Å². The fourth-order valence-corrected chi connectivity index (χ4v) is 2.17. The lowest BCUT2D eigenvalue weighted by molar-refractivity contribution is -0.138. The Bertz CT molecular complexity index is 763. The molecule has 0 unspecified atom stereocenters. The summed E-state index contributed by atoms with van der Waals surface area (Å²) in [7, 11) is 0. The Balaban J connectivity index is 2.06. The number of benzene rings is 2. The maximum atomic E-state index is 11.0. The van der Waals surface area contributed by atoms with E-state index in [0.717, 1.165) is 28.0 Å². The number of imidazole rings is 1. The van der Waals surface area contributed by atoms with Crippen molar-refractivity contribution in [2.75, 3.05) is 0 Å². The van der Waals surface area contributed by atoms with Gasteiger partial charge in [0.05, 0.1) is 17.0 Å². The molecular weight excluding hydrogens is 252 g/mol. The Labute approximate surface area is 116 Å². The molecule has 2 N–H and O–H groups in total. The SMILES string of the molecule is C[C@@H](C(=O)O)c1ccc2nc(-c3ccccc3)[nH]c2c1. The van der Waals surface area contributed by atoms with Gasteiger partial charge in [0.15, 0.2) is 0 Å². The van der Waals surface area contributed by atoms with E-state index in [2.05, 4.69) is 9.97 Å². The van der Waals surface area contributed by atoms with Gasteiger partial charge in [-0.2, -0.15) is 0 Å². The highest BCUT2D eigenvalue weighted by Crippen LogP contribution is 2.24. The first-order chi connectivity index (χ1) is 9.65. The van der Waals surface area contributed by atoms with E-state index in [1.54, 1.807) is 6.92 Å². The normalized spacial score (nSPS) is 12.4. The molecule has 100 valence electrons. The molecule has 0 aliphatic carbocycles. The summed E-state index contributed by atoms with van der Waals surface area (Å²) in [6, 6.07) is 15.4. The highest BCUT2D eigenvalue weighted by atomic mass is 16.4. The third-order valence-electron chi connectivity index (χ3n) is 3.42. The Morgan fingerprint density at radius 1 is 1.20 bits per heavy atom. The van der Waals surface area contributed by atoms with Crippen molar-refractivity contribution in [1.29, 1.82) is 0 Å². The molecule has 2 aromatic carbocycles. The summed E-state index contributed by atoms with van der Waals surface area (Å²) in [5, 5.41) is 9.06. The quantitative estimate of drug-likeness (QED) is 0.763. The van der Waals surface area contributed by atoms with Gasteiger partial charge in [0.2, 0.25) is 0 Å². The van der Waals surface area contributed by atoms with E-state index in [-0.39, 0.29) is 0 Å². The fourth-order valence-electron chi connectivity index (χ4n) is 2.17. The fraction of sp³-hybridized carbons (Fsp3) is 0.125. The predicted molar refractivity (Wildman–Crippen MR) is 77.6 cm³/mol. The molecule has 1 aromatic heterocycles. The van der Waals surface area contributed by atoms with E-state index >= 15 is 0 Å². The van der Waals surface area contributed by atoms with Crippen LogP contribution in [0, 0.1) is 0 Å². The van der Waals surface area contributed by atoms with Gasteiger partial charge in [0.1, 0.15) is 5.82 Å². The Kier molecular flexibility index (Phi) is 2.99. The summed E-state index contributed by atoms with van der Waals surface area (Å²) >= 11 is 0. The zero-order valence-corrected chi connectivity index (χ0v) is 11.0. The average Bonchev–Trinajstić information content (AvgIpc) is 2.90. The number of aromatic nitrogens is 2. The first kappa shape index (κ1) is 12.4. The number of nitrogens with zero attached hydrogens (tertiary/aromatic N) is 1. The third-order valence-corrected chi connectivity index (χ3v) is 3.42. The molecule has 0 bridgehead atoms. The van der Waals surface area contributed by atoms with Gasteiger partial charge in [-0.15, -0.1) is 0 Å². The van der Waals surface area contributed by atoms with Gasteiger partial charge in [-0.05, 0) is 24.6 Å². The minimum atomic E-state index is -0.827. The molecule has 0 amide bonds. The van der Waals surface area contributed by atoms with Crippen molar-refractivity contribution in [2.24, 2.45) is 0 Å². The van der Waals surface area contributed by atoms with E-state index in [1.807, 2.05) is 48.5 Å². The van der Waals surface area contributed by atoms with Gasteiger partial charge < -0.3 is 10.1 Å². The molecule has 0 saturated carbocycles. The van der Waals surface area contributed by atoms with Gasteiger partial charge in [-0.25, -0.2) is 4.98 Å². The summed E-state index contributed by atoms with van der Waals surface area (Å²) in [5.74, 6) is -0.559. The second kappa shape index (κ2) is 4.81. The van der Waals surface area contributed by atoms with Crippen LogP contribution >= 0.6 is 0 Å². The number of carboxylic acid groups (broad SMARTS) is 1. The lowest BCUT2D eigenvalue weighted by Crippen LogP contribution is -2.06.